The first-order chi connectivity index (χ1) is 8.54. The van der Waals surface area contributed by atoms with E-state index in [2.05, 4.69) is 31.1 Å². The van der Waals surface area contributed by atoms with Crippen LogP contribution in [0.25, 0.3) is 0 Å². The minimum Gasteiger partial charge on any atom is -0.493 e. The van der Waals surface area contributed by atoms with E-state index in [9.17, 15) is 0 Å². The SMILES string of the molecule is Cc1ccc(OCC2(CC(N)=NO)CC2)cc1C. The molecule has 0 unspecified atom stereocenters. The number of ether oxygens (including phenoxy) is 1. The lowest BCUT2D eigenvalue weighted by atomic mass is 10.0. The minimum absolute atomic E-state index is 0.0785. The van der Waals surface area contributed by atoms with E-state index in [1.54, 1.807) is 0 Å². The molecular formula is C14H20N2O2. The Bertz CT molecular complexity index is 465. The van der Waals surface area contributed by atoms with Gasteiger partial charge in [-0.15, -0.1) is 0 Å². The third kappa shape index (κ3) is 2.94. The van der Waals surface area contributed by atoms with E-state index in [0.717, 1.165) is 18.6 Å². The van der Waals surface area contributed by atoms with E-state index in [-0.39, 0.29) is 11.3 Å². The van der Waals surface area contributed by atoms with Gasteiger partial charge in [-0.3, -0.25) is 0 Å². The standard InChI is InChI=1S/C14H20N2O2/c1-10-3-4-12(7-11(10)2)18-9-14(5-6-14)8-13(15)16-17/h3-4,7,17H,5-6,8-9H2,1-2H3,(H2,15,16). The van der Waals surface area contributed by atoms with Gasteiger partial charge in [0.15, 0.2) is 0 Å². The Balaban J connectivity index is 1.93. The molecule has 0 atom stereocenters. The number of aryl methyl sites for hydroxylation is 2. The van der Waals surface area contributed by atoms with E-state index < -0.39 is 0 Å². The van der Waals surface area contributed by atoms with Crippen molar-refractivity contribution in [1.82, 2.24) is 0 Å². The Morgan fingerprint density at radius 2 is 2.11 bits per heavy atom. The second-order valence-electron chi connectivity index (χ2n) is 5.30. The van der Waals surface area contributed by atoms with Crippen LogP contribution in [0.15, 0.2) is 23.4 Å². The Hall–Kier alpha value is -1.71. The second-order valence-corrected chi connectivity index (χ2v) is 5.30. The zero-order chi connectivity index (χ0) is 13.2. The second kappa shape index (κ2) is 4.88. The Morgan fingerprint density at radius 3 is 2.67 bits per heavy atom. The number of rotatable bonds is 5. The molecular weight excluding hydrogens is 228 g/mol. The first-order valence-electron chi connectivity index (χ1n) is 6.21. The fourth-order valence-corrected chi connectivity index (χ4v) is 2.01. The number of nitrogens with zero attached hydrogens (tertiary/aromatic N) is 1. The fraction of sp³-hybridized carbons (Fsp3) is 0.500. The highest BCUT2D eigenvalue weighted by Crippen LogP contribution is 2.49. The van der Waals surface area contributed by atoms with Crippen molar-refractivity contribution in [1.29, 1.82) is 0 Å². The van der Waals surface area contributed by atoms with Gasteiger partial charge in [0.1, 0.15) is 11.6 Å². The summed E-state index contributed by atoms with van der Waals surface area (Å²) in [6.07, 6.45) is 2.76. The van der Waals surface area contributed by atoms with Crippen LogP contribution in [0.4, 0.5) is 0 Å². The highest BCUT2D eigenvalue weighted by atomic mass is 16.5. The molecule has 1 aromatic carbocycles. The van der Waals surface area contributed by atoms with E-state index in [1.165, 1.54) is 11.1 Å². The minimum atomic E-state index is 0.0785. The Kier molecular flexibility index (Phi) is 3.45. The number of hydrogen-bond donors (Lipinski definition) is 2. The third-order valence-corrected chi connectivity index (χ3v) is 3.67. The van der Waals surface area contributed by atoms with Crippen molar-refractivity contribution in [3.05, 3.63) is 29.3 Å². The lowest BCUT2D eigenvalue weighted by molar-refractivity contribution is 0.236. The first-order valence-corrected chi connectivity index (χ1v) is 6.21. The molecule has 1 fully saturated rings. The number of hydrogen-bond acceptors (Lipinski definition) is 3. The van der Waals surface area contributed by atoms with Crippen molar-refractivity contribution >= 4 is 5.84 Å². The van der Waals surface area contributed by atoms with Crippen molar-refractivity contribution in [2.45, 2.75) is 33.1 Å². The van der Waals surface area contributed by atoms with Crippen molar-refractivity contribution in [3.8, 4) is 5.75 Å². The molecule has 18 heavy (non-hydrogen) atoms. The van der Waals surface area contributed by atoms with Crippen LogP contribution >= 0.6 is 0 Å². The normalized spacial score (nSPS) is 17.6. The molecule has 98 valence electrons. The summed E-state index contributed by atoms with van der Waals surface area (Å²) < 4.78 is 5.82. The zero-order valence-corrected chi connectivity index (χ0v) is 10.9. The van der Waals surface area contributed by atoms with E-state index in [1.807, 2.05) is 6.07 Å². The van der Waals surface area contributed by atoms with Crippen LogP contribution < -0.4 is 10.5 Å². The molecule has 0 saturated heterocycles. The van der Waals surface area contributed by atoms with Crippen molar-refractivity contribution in [2.75, 3.05) is 6.61 Å². The number of amidine groups is 1. The van der Waals surface area contributed by atoms with Crippen LogP contribution in [-0.4, -0.2) is 17.6 Å². The van der Waals surface area contributed by atoms with Gasteiger partial charge in [-0.1, -0.05) is 11.2 Å². The van der Waals surface area contributed by atoms with Gasteiger partial charge in [0.05, 0.1) is 6.61 Å². The van der Waals surface area contributed by atoms with Gasteiger partial charge in [0.2, 0.25) is 0 Å². The molecule has 0 spiro atoms. The summed E-state index contributed by atoms with van der Waals surface area (Å²) in [5, 5.41) is 11.6. The van der Waals surface area contributed by atoms with Gasteiger partial charge in [-0.2, -0.15) is 0 Å². The van der Waals surface area contributed by atoms with Gasteiger partial charge < -0.3 is 15.7 Å². The van der Waals surface area contributed by atoms with Crippen LogP contribution in [-0.2, 0) is 0 Å². The number of benzene rings is 1. The predicted octanol–water partition coefficient (Wildman–Crippen LogP) is 2.60. The zero-order valence-electron chi connectivity index (χ0n) is 10.9. The molecule has 0 aliphatic heterocycles. The lowest BCUT2D eigenvalue weighted by Crippen LogP contribution is -2.22. The van der Waals surface area contributed by atoms with Gasteiger partial charge in [-0.25, -0.2) is 0 Å². The van der Waals surface area contributed by atoms with E-state index in [0.29, 0.717) is 13.0 Å². The average Bonchev–Trinajstić information content (AvgIpc) is 3.11. The van der Waals surface area contributed by atoms with Crippen molar-refractivity contribution in [3.63, 3.8) is 0 Å². The van der Waals surface area contributed by atoms with Crippen LogP contribution in [0, 0.1) is 19.3 Å². The molecule has 0 amide bonds. The molecule has 1 aromatic rings. The van der Waals surface area contributed by atoms with Gasteiger partial charge in [-0.05, 0) is 49.9 Å². The van der Waals surface area contributed by atoms with E-state index >= 15 is 0 Å². The highest BCUT2D eigenvalue weighted by Gasteiger charge is 2.44. The molecule has 4 nitrogen and oxygen atoms in total. The molecule has 1 aliphatic rings. The Morgan fingerprint density at radius 1 is 1.39 bits per heavy atom. The molecule has 2 rings (SSSR count). The maximum absolute atomic E-state index is 8.60. The Labute approximate surface area is 107 Å². The van der Waals surface area contributed by atoms with Crippen molar-refractivity contribution < 1.29 is 9.94 Å². The van der Waals surface area contributed by atoms with Crippen LogP contribution in [0.3, 0.4) is 0 Å². The largest absolute Gasteiger partial charge is 0.493 e. The molecule has 4 heteroatoms. The van der Waals surface area contributed by atoms with Gasteiger partial charge in [0.25, 0.3) is 0 Å². The summed E-state index contributed by atoms with van der Waals surface area (Å²) >= 11 is 0. The van der Waals surface area contributed by atoms with Crippen LogP contribution in [0.5, 0.6) is 5.75 Å². The number of nitrogens with two attached hydrogens (primary N) is 1. The fourth-order valence-electron chi connectivity index (χ4n) is 2.01. The lowest BCUT2D eigenvalue weighted by Gasteiger charge is -2.16. The maximum Gasteiger partial charge on any atom is 0.139 e. The monoisotopic (exact) mass is 248 g/mol. The summed E-state index contributed by atoms with van der Waals surface area (Å²) in [5.74, 6) is 1.18. The third-order valence-electron chi connectivity index (χ3n) is 3.67. The molecule has 0 radical (unpaired) electrons. The summed E-state index contributed by atoms with van der Waals surface area (Å²) in [4.78, 5) is 0. The highest BCUT2D eigenvalue weighted by molar-refractivity contribution is 5.80. The average molecular weight is 248 g/mol. The predicted molar refractivity (Wildman–Crippen MR) is 71.1 cm³/mol. The molecule has 0 heterocycles. The van der Waals surface area contributed by atoms with Gasteiger partial charge >= 0.3 is 0 Å². The summed E-state index contributed by atoms with van der Waals surface area (Å²) in [5.41, 5.74) is 8.13. The molecule has 0 bridgehead atoms. The molecule has 1 saturated carbocycles. The molecule has 3 N–H and O–H groups in total. The van der Waals surface area contributed by atoms with Crippen LogP contribution in [0.2, 0.25) is 0 Å². The molecule has 0 aromatic heterocycles. The topological polar surface area (TPSA) is 67.8 Å². The summed E-state index contributed by atoms with van der Waals surface area (Å²) in [6.45, 7) is 4.79. The van der Waals surface area contributed by atoms with E-state index in [4.69, 9.17) is 15.7 Å². The quantitative estimate of drug-likeness (QED) is 0.364. The smallest absolute Gasteiger partial charge is 0.139 e. The summed E-state index contributed by atoms with van der Waals surface area (Å²) in [7, 11) is 0. The number of oxime groups is 1. The van der Waals surface area contributed by atoms with Crippen molar-refractivity contribution in [2.24, 2.45) is 16.3 Å². The molecule has 1 aliphatic carbocycles. The first kappa shape index (κ1) is 12.7. The van der Waals surface area contributed by atoms with Gasteiger partial charge in [0, 0.05) is 11.8 Å². The van der Waals surface area contributed by atoms with Crippen LogP contribution in [0.1, 0.15) is 30.4 Å². The maximum atomic E-state index is 8.60. The summed E-state index contributed by atoms with van der Waals surface area (Å²) in [6, 6.07) is 6.10.